The summed E-state index contributed by atoms with van der Waals surface area (Å²) in [5, 5.41) is 0. The molecule has 0 fully saturated rings. The summed E-state index contributed by atoms with van der Waals surface area (Å²) in [5.41, 5.74) is 0. The van der Waals surface area contributed by atoms with Crippen molar-refractivity contribution >= 4 is 29.2 Å². The summed E-state index contributed by atoms with van der Waals surface area (Å²) in [7, 11) is 0. The maximum absolute atomic E-state index is 4.94. The molecule has 0 rings (SSSR count). The second-order valence-corrected chi connectivity index (χ2v) is 3.38. The smallest absolute Gasteiger partial charge is 0.358 e. The molecule has 0 saturated carbocycles. The van der Waals surface area contributed by atoms with Crippen LogP contribution in [0.1, 0.15) is 26.7 Å². The summed E-state index contributed by atoms with van der Waals surface area (Å²) >= 11 is 9.06. The average Bonchev–Trinajstić information content (AvgIpc) is 1.87. The monoisotopic (exact) mass is 291 g/mol. The fraction of sp³-hybridized carbons (Fsp3) is 0.857. The van der Waals surface area contributed by atoms with Crippen LogP contribution in [0, 0.1) is 0 Å². The third-order valence-electron chi connectivity index (χ3n) is 1.26. The Kier molecular flexibility index (Phi) is 12.3. The first kappa shape index (κ1) is 14.7. The van der Waals surface area contributed by atoms with Crippen LogP contribution in [0.3, 0.4) is 0 Å². The van der Waals surface area contributed by atoms with Crippen LogP contribution in [-0.4, -0.2) is 22.3 Å². The Morgan fingerprint density at radius 2 is 1.64 bits per heavy atom. The van der Waals surface area contributed by atoms with Crippen LogP contribution in [0.2, 0.25) is 0 Å². The molecule has 4 heteroatoms. The van der Waals surface area contributed by atoms with Crippen molar-refractivity contribution in [2.75, 3.05) is 13.1 Å². The number of hydrogen-bond donors (Lipinski definition) is 1. The molecule has 0 aromatic carbocycles. The summed E-state index contributed by atoms with van der Waals surface area (Å²) < 4.78 is 0.726. The summed E-state index contributed by atoms with van der Waals surface area (Å²) in [6.07, 6.45) is 2.28. The van der Waals surface area contributed by atoms with Crippen molar-refractivity contribution in [2.24, 2.45) is 0 Å². The molecule has 60 valence electrons. The Balaban J connectivity index is 0. The van der Waals surface area contributed by atoms with Gasteiger partial charge in [0.05, 0.1) is 0 Å². The second-order valence-electron chi connectivity index (χ2n) is 2.27. The SMILES string of the molecule is CCCN(CCC)C(=S)S.[Cd+2]. The van der Waals surface area contributed by atoms with E-state index in [2.05, 4.69) is 31.4 Å². The summed E-state index contributed by atoms with van der Waals surface area (Å²) in [6, 6.07) is 0. The normalized spacial score (nSPS) is 8.64. The Labute approximate surface area is 100 Å². The molecule has 0 amide bonds. The minimum Gasteiger partial charge on any atom is -0.358 e. The molecular formula is C7H15CdNS2+2. The van der Waals surface area contributed by atoms with Gasteiger partial charge in [-0.25, -0.2) is 0 Å². The van der Waals surface area contributed by atoms with Crippen molar-refractivity contribution in [3.05, 3.63) is 0 Å². The molecule has 1 nitrogen and oxygen atoms in total. The third-order valence-corrected chi connectivity index (χ3v) is 1.80. The molecule has 0 bridgehead atoms. The van der Waals surface area contributed by atoms with Crippen molar-refractivity contribution in [3.63, 3.8) is 0 Å². The molecule has 0 aromatic heterocycles. The van der Waals surface area contributed by atoms with Crippen molar-refractivity contribution in [2.45, 2.75) is 26.7 Å². The molecule has 0 aliphatic heterocycles. The van der Waals surface area contributed by atoms with Crippen LogP contribution in [0.25, 0.3) is 0 Å². The summed E-state index contributed by atoms with van der Waals surface area (Å²) in [4.78, 5) is 2.12. The van der Waals surface area contributed by atoms with Gasteiger partial charge in [-0.2, -0.15) is 0 Å². The maximum Gasteiger partial charge on any atom is 2.00 e. The molecule has 0 spiro atoms. The number of thiocarbonyl (C=S) groups is 1. The van der Waals surface area contributed by atoms with Gasteiger partial charge in [0.15, 0.2) is 0 Å². The largest absolute Gasteiger partial charge is 2.00 e. The van der Waals surface area contributed by atoms with E-state index in [9.17, 15) is 0 Å². The fourth-order valence-electron chi connectivity index (χ4n) is 0.843. The van der Waals surface area contributed by atoms with Crippen LogP contribution in [0.5, 0.6) is 0 Å². The Morgan fingerprint density at radius 3 is 1.82 bits per heavy atom. The van der Waals surface area contributed by atoms with Gasteiger partial charge >= 0.3 is 27.3 Å². The first-order chi connectivity index (χ1) is 4.72. The standard InChI is InChI=1S/C7H15NS2.Cd/c1-3-5-8(6-4-2)7(9)10;/h3-6H2,1-2H3,(H,9,10);/q;+2. The Hall–Kier alpha value is 1.16. The van der Waals surface area contributed by atoms with E-state index in [4.69, 9.17) is 12.2 Å². The molecule has 0 aromatic rings. The van der Waals surface area contributed by atoms with Crippen LogP contribution >= 0.6 is 24.8 Å². The van der Waals surface area contributed by atoms with Gasteiger partial charge in [-0.3, -0.25) is 0 Å². The predicted octanol–water partition coefficient (Wildman–Crippen LogP) is 2.32. The molecule has 0 atom stereocenters. The van der Waals surface area contributed by atoms with E-state index in [0.717, 1.165) is 30.3 Å². The van der Waals surface area contributed by atoms with Gasteiger partial charge in [0.1, 0.15) is 4.32 Å². The first-order valence-corrected chi connectivity index (χ1v) is 4.55. The van der Waals surface area contributed by atoms with Gasteiger partial charge < -0.3 is 4.90 Å². The van der Waals surface area contributed by atoms with Gasteiger partial charge in [-0.15, -0.1) is 12.6 Å². The van der Waals surface area contributed by atoms with Crippen molar-refractivity contribution in [1.29, 1.82) is 0 Å². The minimum atomic E-state index is 0. The molecule has 0 N–H and O–H groups in total. The van der Waals surface area contributed by atoms with E-state index in [0.29, 0.717) is 0 Å². The zero-order chi connectivity index (χ0) is 7.98. The van der Waals surface area contributed by atoms with Gasteiger partial charge in [-0.1, -0.05) is 26.1 Å². The van der Waals surface area contributed by atoms with Crippen LogP contribution in [-0.2, 0) is 27.3 Å². The maximum atomic E-state index is 4.94. The van der Waals surface area contributed by atoms with E-state index >= 15 is 0 Å². The molecule has 0 aliphatic carbocycles. The van der Waals surface area contributed by atoms with Gasteiger partial charge in [-0.05, 0) is 12.8 Å². The van der Waals surface area contributed by atoms with Crippen LogP contribution in [0.15, 0.2) is 0 Å². The van der Waals surface area contributed by atoms with Crippen molar-refractivity contribution in [1.82, 2.24) is 4.90 Å². The Bertz CT molecular complexity index is 103. The number of thiol groups is 1. The predicted molar refractivity (Wildman–Crippen MR) is 53.7 cm³/mol. The molecule has 0 radical (unpaired) electrons. The quantitative estimate of drug-likeness (QED) is 0.481. The fourth-order valence-corrected chi connectivity index (χ4v) is 1.23. The van der Waals surface area contributed by atoms with Gasteiger partial charge in [0, 0.05) is 13.1 Å². The topological polar surface area (TPSA) is 3.24 Å². The molecule has 11 heavy (non-hydrogen) atoms. The van der Waals surface area contributed by atoms with Crippen LogP contribution in [0.4, 0.5) is 0 Å². The number of nitrogens with zero attached hydrogens (tertiary/aromatic N) is 1. The van der Waals surface area contributed by atoms with E-state index in [-0.39, 0.29) is 27.3 Å². The van der Waals surface area contributed by atoms with Crippen molar-refractivity contribution in [3.8, 4) is 0 Å². The summed E-state index contributed by atoms with van der Waals surface area (Å²) in [5.74, 6) is 0. The summed E-state index contributed by atoms with van der Waals surface area (Å²) in [6.45, 7) is 6.37. The molecule has 0 unspecified atom stereocenters. The molecular weight excluding hydrogens is 275 g/mol. The zero-order valence-electron chi connectivity index (χ0n) is 7.34. The van der Waals surface area contributed by atoms with E-state index < -0.39 is 0 Å². The average molecular weight is 290 g/mol. The molecule has 0 heterocycles. The van der Waals surface area contributed by atoms with Crippen LogP contribution < -0.4 is 0 Å². The zero-order valence-corrected chi connectivity index (χ0v) is 13.1. The molecule has 0 aliphatic rings. The number of rotatable bonds is 4. The molecule has 0 saturated heterocycles. The van der Waals surface area contributed by atoms with E-state index in [1.165, 1.54) is 0 Å². The first-order valence-electron chi connectivity index (χ1n) is 3.70. The van der Waals surface area contributed by atoms with Gasteiger partial charge in [0.25, 0.3) is 0 Å². The van der Waals surface area contributed by atoms with Crippen molar-refractivity contribution < 1.29 is 27.3 Å². The van der Waals surface area contributed by atoms with E-state index in [1.54, 1.807) is 0 Å². The van der Waals surface area contributed by atoms with Gasteiger partial charge in [0.2, 0.25) is 0 Å². The van der Waals surface area contributed by atoms with E-state index in [1.807, 2.05) is 0 Å². The minimum absolute atomic E-state index is 0. The second kappa shape index (κ2) is 9.25. The number of hydrogen-bond acceptors (Lipinski definition) is 1. The Morgan fingerprint density at radius 1 is 1.27 bits per heavy atom. The third kappa shape index (κ3) is 7.52.